The first kappa shape index (κ1) is 15.3. The van der Waals surface area contributed by atoms with Crippen molar-refractivity contribution in [1.82, 2.24) is 4.98 Å². The Kier molecular flexibility index (Phi) is 4.10. The molecule has 106 valence electrons. The summed E-state index contributed by atoms with van der Waals surface area (Å²) in [5, 5.41) is 9.20. The van der Waals surface area contributed by atoms with E-state index >= 15 is 0 Å². The predicted octanol–water partition coefficient (Wildman–Crippen LogP) is 2.49. The first-order valence-corrected chi connectivity index (χ1v) is 7.02. The molecular formula is C14H18BClN2O2. The monoisotopic (exact) mass is 292 g/mol. The molecule has 0 bridgehead atoms. The van der Waals surface area contributed by atoms with E-state index in [4.69, 9.17) is 26.2 Å². The van der Waals surface area contributed by atoms with Crippen LogP contribution in [0.15, 0.2) is 12.3 Å². The fraction of sp³-hybridized carbons (Fsp3) is 0.571. The van der Waals surface area contributed by atoms with Gasteiger partial charge in [0.2, 0.25) is 0 Å². The summed E-state index contributed by atoms with van der Waals surface area (Å²) in [7, 11) is -0.503. The highest BCUT2D eigenvalue weighted by atomic mass is 35.5. The SMILES string of the molecule is CC1(C)OB(c2ccnc(CCC#N)c2Cl)OC1(C)C. The van der Waals surface area contributed by atoms with E-state index in [1.54, 1.807) is 12.3 Å². The molecule has 1 aromatic heterocycles. The van der Waals surface area contributed by atoms with Crippen molar-refractivity contribution >= 4 is 24.2 Å². The quantitative estimate of drug-likeness (QED) is 0.803. The van der Waals surface area contributed by atoms with Gasteiger partial charge in [-0.25, -0.2) is 0 Å². The molecule has 0 aromatic carbocycles. The number of aromatic nitrogens is 1. The van der Waals surface area contributed by atoms with E-state index in [1.807, 2.05) is 27.7 Å². The van der Waals surface area contributed by atoms with E-state index in [9.17, 15) is 0 Å². The lowest BCUT2D eigenvalue weighted by Crippen LogP contribution is -2.41. The summed E-state index contributed by atoms with van der Waals surface area (Å²) in [5.41, 5.74) is 0.669. The number of hydrogen-bond donors (Lipinski definition) is 0. The van der Waals surface area contributed by atoms with Gasteiger partial charge in [0.25, 0.3) is 0 Å². The molecule has 0 N–H and O–H groups in total. The summed E-state index contributed by atoms with van der Waals surface area (Å²) in [6.45, 7) is 7.99. The summed E-state index contributed by atoms with van der Waals surface area (Å²) >= 11 is 6.38. The molecule has 0 saturated carbocycles. The van der Waals surface area contributed by atoms with Gasteiger partial charge >= 0.3 is 7.12 Å². The normalized spacial score (nSPS) is 19.9. The van der Waals surface area contributed by atoms with Gasteiger partial charge in [-0.1, -0.05) is 11.6 Å². The van der Waals surface area contributed by atoms with Gasteiger partial charge in [-0.3, -0.25) is 4.98 Å². The molecular weight excluding hydrogens is 274 g/mol. The highest BCUT2D eigenvalue weighted by Crippen LogP contribution is 2.37. The van der Waals surface area contributed by atoms with Crippen LogP contribution in [-0.2, 0) is 15.7 Å². The summed E-state index contributed by atoms with van der Waals surface area (Å²) in [4.78, 5) is 4.23. The number of nitriles is 1. The molecule has 4 nitrogen and oxygen atoms in total. The van der Waals surface area contributed by atoms with Crippen LogP contribution in [0.3, 0.4) is 0 Å². The standard InChI is InChI=1S/C14H18BClN2O2/c1-13(2)14(3,4)20-15(19-13)10-7-9-18-11(12(10)16)6-5-8-17/h7,9H,5-6H2,1-4H3. The molecule has 6 heteroatoms. The van der Waals surface area contributed by atoms with E-state index in [-0.39, 0.29) is 0 Å². The Labute approximate surface area is 125 Å². The van der Waals surface area contributed by atoms with Crippen molar-refractivity contribution in [1.29, 1.82) is 5.26 Å². The first-order chi connectivity index (χ1) is 9.28. The van der Waals surface area contributed by atoms with Gasteiger partial charge in [0.1, 0.15) is 0 Å². The number of pyridine rings is 1. The molecule has 0 unspecified atom stereocenters. The van der Waals surface area contributed by atoms with Gasteiger partial charge in [-0.2, -0.15) is 5.26 Å². The second kappa shape index (κ2) is 5.36. The fourth-order valence-corrected chi connectivity index (χ4v) is 2.30. The van der Waals surface area contributed by atoms with Crippen LogP contribution in [0.25, 0.3) is 0 Å². The molecule has 0 spiro atoms. The van der Waals surface area contributed by atoms with Crippen LogP contribution in [0.2, 0.25) is 5.02 Å². The van der Waals surface area contributed by atoms with Crippen molar-refractivity contribution in [3.8, 4) is 6.07 Å². The van der Waals surface area contributed by atoms with Crippen molar-refractivity contribution in [3.63, 3.8) is 0 Å². The number of rotatable bonds is 3. The van der Waals surface area contributed by atoms with Crippen LogP contribution in [0.5, 0.6) is 0 Å². The number of aryl methyl sites for hydroxylation is 1. The molecule has 1 saturated heterocycles. The summed E-state index contributed by atoms with van der Waals surface area (Å²) in [5.74, 6) is 0. The van der Waals surface area contributed by atoms with Gasteiger partial charge in [0.05, 0.1) is 28.0 Å². The maximum atomic E-state index is 8.67. The van der Waals surface area contributed by atoms with Crippen LogP contribution in [0.4, 0.5) is 0 Å². The van der Waals surface area contributed by atoms with Crippen LogP contribution in [0, 0.1) is 11.3 Å². The maximum Gasteiger partial charge on any atom is 0.496 e. The lowest BCUT2D eigenvalue weighted by molar-refractivity contribution is 0.00578. The van der Waals surface area contributed by atoms with Crippen LogP contribution in [-0.4, -0.2) is 23.3 Å². The Bertz CT molecular complexity index is 539. The smallest absolute Gasteiger partial charge is 0.399 e. The Morgan fingerprint density at radius 3 is 2.45 bits per heavy atom. The van der Waals surface area contributed by atoms with Crippen LogP contribution in [0.1, 0.15) is 39.8 Å². The molecule has 0 aliphatic carbocycles. The average Bonchev–Trinajstić information content (AvgIpc) is 2.57. The molecule has 1 aliphatic heterocycles. The molecule has 0 atom stereocenters. The zero-order valence-electron chi connectivity index (χ0n) is 12.2. The Morgan fingerprint density at radius 2 is 1.90 bits per heavy atom. The molecule has 2 heterocycles. The minimum Gasteiger partial charge on any atom is -0.399 e. The first-order valence-electron chi connectivity index (χ1n) is 6.64. The van der Waals surface area contributed by atoms with Crippen molar-refractivity contribution in [2.45, 2.75) is 51.7 Å². The summed E-state index contributed by atoms with van der Waals surface area (Å²) in [6, 6.07) is 3.90. The van der Waals surface area contributed by atoms with E-state index in [1.165, 1.54) is 0 Å². The zero-order chi connectivity index (χ0) is 15.0. The zero-order valence-corrected chi connectivity index (χ0v) is 13.0. The highest BCUT2D eigenvalue weighted by molar-refractivity contribution is 6.65. The largest absolute Gasteiger partial charge is 0.496 e. The summed E-state index contributed by atoms with van der Waals surface area (Å²) in [6.07, 6.45) is 2.60. The van der Waals surface area contributed by atoms with Gasteiger partial charge in [-0.15, -0.1) is 0 Å². The third kappa shape index (κ3) is 2.69. The van der Waals surface area contributed by atoms with E-state index in [0.717, 1.165) is 5.46 Å². The Balaban J connectivity index is 2.29. The third-order valence-electron chi connectivity index (χ3n) is 3.97. The number of hydrogen-bond acceptors (Lipinski definition) is 4. The molecule has 2 rings (SSSR count). The Hall–Kier alpha value is -1.09. The van der Waals surface area contributed by atoms with Gasteiger partial charge in [0.15, 0.2) is 0 Å². The molecule has 20 heavy (non-hydrogen) atoms. The van der Waals surface area contributed by atoms with Crippen molar-refractivity contribution in [2.75, 3.05) is 0 Å². The molecule has 1 aliphatic rings. The van der Waals surface area contributed by atoms with Crippen LogP contribution < -0.4 is 5.46 Å². The van der Waals surface area contributed by atoms with Gasteiger partial charge in [0, 0.05) is 24.5 Å². The molecule has 1 fully saturated rings. The lowest BCUT2D eigenvalue weighted by Gasteiger charge is -2.32. The van der Waals surface area contributed by atoms with Crippen molar-refractivity contribution in [3.05, 3.63) is 23.0 Å². The minimum atomic E-state index is -0.503. The predicted molar refractivity (Wildman–Crippen MR) is 78.9 cm³/mol. The topological polar surface area (TPSA) is 55.1 Å². The van der Waals surface area contributed by atoms with Gasteiger partial charge in [-0.05, 0) is 33.8 Å². The summed E-state index contributed by atoms with van der Waals surface area (Å²) < 4.78 is 12.0. The fourth-order valence-electron chi connectivity index (χ4n) is 2.00. The van der Waals surface area contributed by atoms with Gasteiger partial charge < -0.3 is 9.31 Å². The molecule has 0 amide bonds. The molecule has 1 aromatic rings. The van der Waals surface area contributed by atoms with E-state index in [2.05, 4.69) is 11.1 Å². The van der Waals surface area contributed by atoms with E-state index in [0.29, 0.717) is 23.6 Å². The Morgan fingerprint density at radius 1 is 1.30 bits per heavy atom. The van der Waals surface area contributed by atoms with Crippen molar-refractivity contribution in [2.24, 2.45) is 0 Å². The minimum absolute atomic E-state index is 0.388. The second-order valence-electron chi connectivity index (χ2n) is 5.91. The average molecular weight is 293 g/mol. The van der Waals surface area contributed by atoms with Crippen molar-refractivity contribution < 1.29 is 9.31 Å². The highest BCUT2D eigenvalue weighted by Gasteiger charge is 2.52. The van der Waals surface area contributed by atoms with Crippen LogP contribution >= 0.6 is 11.6 Å². The second-order valence-corrected chi connectivity index (χ2v) is 6.29. The lowest BCUT2D eigenvalue weighted by atomic mass is 9.79. The van der Waals surface area contributed by atoms with E-state index < -0.39 is 18.3 Å². The molecule has 0 radical (unpaired) electrons. The maximum absolute atomic E-state index is 8.67. The number of nitrogens with zero attached hydrogens (tertiary/aromatic N) is 2. The number of halogens is 1. The third-order valence-corrected chi connectivity index (χ3v) is 4.41.